The number of phenolic OH excluding ortho intramolecular Hbond substituents is 1. The largest absolute Gasteiger partial charge is 0.507 e. The maximum Gasteiger partial charge on any atom is 0.258 e. The fourth-order valence-electron chi connectivity index (χ4n) is 2.13. The van der Waals surface area contributed by atoms with E-state index < -0.39 is 11.7 Å². The minimum Gasteiger partial charge on any atom is -0.507 e. The number of hydrogen-bond acceptors (Lipinski definition) is 3. The van der Waals surface area contributed by atoms with Gasteiger partial charge in [-0.2, -0.15) is 0 Å². The zero-order chi connectivity index (χ0) is 16.6. The van der Waals surface area contributed by atoms with Crippen LogP contribution in [-0.2, 0) is 0 Å². The van der Waals surface area contributed by atoms with E-state index in [1.807, 2.05) is 0 Å². The highest BCUT2D eigenvalue weighted by Crippen LogP contribution is 2.28. The molecule has 0 spiro atoms. The fraction of sp³-hybridized carbons (Fsp3) is 0. The minimum atomic E-state index is -0.742. The number of nitrogens with one attached hydrogen (secondary N) is 1. The van der Waals surface area contributed by atoms with E-state index in [4.69, 9.17) is 11.6 Å². The van der Waals surface area contributed by atoms with E-state index in [9.17, 15) is 14.3 Å². The van der Waals surface area contributed by atoms with Crippen LogP contribution in [0.25, 0.3) is 10.9 Å². The zero-order valence-electron chi connectivity index (χ0n) is 11.5. The van der Waals surface area contributed by atoms with E-state index >= 15 is 0 Å². The summed E-state index contributed by atoms with van der Waals surface area (Å²) < 4.78 is 14.1. The van der Waals surface area contributed by atoms with Gasteiger partial charge >= 0.3 is 0 Å². The summed E-state index contributed by atoms with van der Waals surface area (Å²) in [5, 5.41) is 13.4. The third-order valence-corrected chi connectivity index (χ3v) is 4.10. The highest BCUT2D eigenvalue weighted by atomic mass is 79.9. The van der Waals surface area contributed by atoms with Crippen molar-refractivity contribution >= 4 is 50.0 Å². The molecule has 0 aliphatic rings. The van der Waals surface area contributed by atoms with Crippen molar-refractivity contribution in [2.45, 2.75) is 0 Å². The van der Waals surface area contributed by atoms with Gasteiger partial charge in [0.15, 0.2) is 0 Å². The third-order valence-electron chi connectivity index (χ3n) is 3.23. The number of amides is 1. The van der Waals surface area contributed by atoms with Crippen LogP contribution in [0.15, 0.2) is 47.1 Å². The summed E-state index contributed by atoms with van der Waals surface area (Å²) in [7, 11) is 0. The van der Waals surface area contributed by atoms with Gasteiger partial charge in [-0.3, -0.25) is 9.78 Å². The number of nitrogens with zero attached hydrogens (tertiary/aromatic N) is 1. The SMILES string of the molecule is O=C(Nc1ccnc2cc(Cl)ccc12)c1cc(O)c(Br)cc1F. The first-order chi connectivity index (χ1) is 11.0. The molecule has 1 amide bonds. The van der Waals surface area contributed by atoms with Gasteiger partial charge in [0.1, 0.15) is 11.6 Å². The van der Waals surface area contributed by atoms with Gasteiger partial charge in [-0.1, -0.05) is 11.6 Å². The van der Waals surface area contributed by atoms with E-state index in [1.54, 1.807) is 24.3 Å². The number of rotatable bonds is 2. The summed E-state index contributed by atoms with van der Waals surface area (Å²) in [6, 6.07) is 8.76. The highest BCUT2D eigenvalue weighted by molar-refractivity contribution is 9.10. The Labute approximate surface area is 144 Å². The molecule has 23 heavy (non-hydrogen) atoms. The maximum absolute atomic E-state index is 13.9. The molecule has 0 atom stereocenters. The monoisotopic (exact) mass is 394 g/mol. The molecule has 0 fully saturated rings. The highest BCUT2D eigenvalue weighted by Gasteiger charge is 2.16. The summed E-state index contributed by atoms with van der Waals surface area (Å²) in [4.78, 5) is 16.5. The first-order valence-corrected chi connectivity index (χ1v) is 7.66. The summed E-state index contributed by atoms with van der Waals surface area (Å²) in [5.74, 6) is -1.63. The van der Waals surface area contributed by atoms with Crippen LogP contribution in [0.4, 0.5) is 10.1 Å². The number of carbonyl (C=O) groups is 1. The molecule has 1 aromatic heterocycles. The van der Waals surface area contributed by atoms with Crippen molar-refractivity contribution in [2.24, 2.45) is 0 Å². The number of halogens is 3. The molecule has 116 valence electrons. The van der Waals surface area contributed by atoms with Crippen molar-refractivity contribution in [2.75, 3.05) is 5.32 Å². The van der Waals surface area contributed by atoms with Crippen molar-refractivity contribution in [3.63, 3.8) is 0 Å². The van der Waals surface area contributed by atoms with Gasteiger partial charge in [0, 0.05) is 16.6 Å². The number of anilines is 1. The Bertz CT molecular complexity index is 933. The number of pyridine rings is 1. The Morgan fingerprint density at radius 3 is 2.83 bits per heavy atom. The summed E-state index contributed by atoms with van der Waals surface area (Å²) >= 11 is 8.91. The standard InChI is InChI=1S/C16H9BrClFN2O2/c17-11-7-12(19)10(6-15(11)22)16(23)21-13-3-4-20-14-5-8(18)1-2-9(13)14/h1-7,22H,(H,20,21,23). The van der Waals surface area contributed by atoms with Gasteiger partial charge in [0.25, 0.3) is 5.91 Å². The number of aromatic nitrogens is 1. The van der Waals surface area contributed by atoms with Crippen LogP contribution >= 0.6 is 27.5 Å². The number of phenols is 1. The first kappa shape index (κ1) is 15.7. The van der Waals surface area contributed by atoms with Crippen LogP contribution in [0.5, 0.6) is 5.75 Å². The Morgan fingerprint density at radius 2 is 2.04 bits per heavy atom. The van der Waals surface area contributed by atoms with Crippen LogP contribution in [0.1, 0.15) is 10.4 Å². The Hall–Kier alpha value is -2.18. The number of carbonyl (C=O) groups excluding carboxylic acids is 1. The van der Waals surface area contributed by atoms with Crippen LogP contribution < -0.4 is 5.32 Å². The lowest BCUT2D eigenvalue weighted by Gasteiger charge is -2.10. The molecule has 7 heteroatoms. The zero-order valence-corrected chi connectivity index (χ0v) is 13.8. The predicted octanol–water partition coefficient (Wildman–Crippen LogP) is 4.75. The van der Waals surface area contributed by atoms with Gasteiger partial charge in [-0.25, -0.2) is 4.39 Å². The number of fused-ring (bicyclic) bond motifs is 1. The number of benzene rings is 2. The molecule has 4 nitrogen and oxygen atoms in total. The molecule has 0 saturated carbocycles. The van der Waals surface area contributed by atoms with Crippen LogP contribution in [0.2, 0.25) is 5.02 Å². The average Bonchev–Trinajstić information content (AvgIpc) is 2.50. The second-order valence-corrected chi connectivity index (χ2v) is 6.05. The topological polar surface area (TPSA) is 62.2 Å². The third kappa shape index (κ3) is 3.13. The van der Waals surface area contributed by atoms with Crippen LogP contribution in [-0.4, -0.2) is 16.0 Å². The lowest BCUT2D eigenvalue weighted by atomic mass is 10.1. The predicted molar refractivity (Wildman–Crippen MR) is 90.5 cm³/mol. The van der Waals surface area contributed by atoms with Crippen molar-refractivity contribution in [1.82, 2.24) is 4.98 Å². The van der Waals surface area contributed by atoms with Crippen molar-refractivity contribution in [3.8, 4) is 5.75 Å². The van der Waals surface area contributed by atoms with Crippen molar-refractivity contribution in [3.05, 3.63) is 63.5 Å². The van der Waals surface area contributed by atoms with E-state index in [0.29, 0.717) is 21.6 Å². The molecule has 0 bridgehead atoms. The molecule has 0 radical (unpaired) electrons. The smallest absolute Gasteiger partial charge is 0.258 e. The quantitative estimate of drug-likeness (QED) is 0.658. The minimum absolute atomic E-state index is 0.176. The average molecular weight is 396 g/mol. The van der Waals surface area contributed by atoms with Crippen molar-refractivity contribution < 1.29 is 14.3 Å². The van der Waals surface area contributed by atoms with Crippen LogP contribution in [0, 0.1) is 5.82 Å². The molecular weight excluding hydrogens is 387 g/mol. The van der Waals surface area contributed by atoms with Gasteiger partial charge in [-0.05, 0) is 52.3 Å². The fourth-order valence-corrected chi connectivity index (χ4v) is 2.61. The second kappa shape index (κ2) is 6.14. The molecule has 0 aliphatic heterocycles. The normalized spacial score (nSPS) is 10.7. The Morgan fingerprint density at radius 1 is 1.26 bits per heavy atom. The van der Waals surface area contributed by atoms with E-state index in [2.05, 4.69) is 26.2 Å². The summed E-state index contributed by atoms with van der Waals surface area (Å²) in [6.45, 7) is 0. The molecule has 2 aromatic carbocycles. The van der Waals surface area contributed by atoms with Gasteiger partial charge in [0.05, 0.1) is 21.2 Å². The van der Waals surface area contributed by atoms with E-state index in [-0.39, 0.29) is 15.8 Å². The molecule has 2 N–H and O–H groups in total. The first-order valence-electron chi connectivity index (χ1n) is 6.49. The Kier molecular flexibility index (Phi) is 4.19. The molecule has 3 rings (SSSR count). The van der Waals surface area contributed by atoms with Gasteiger partial charge in [-0.15, -0.1) is 0 Å². The molecule has 1 heterocycles. The lowest BCUT2D eigenvalue weighted by Crippen LogP contribution is -2.14. The molecular formula is C16H9BrClFN2O2. The molecule has 0 saturated heterocycles. The lowest BCUT2D eigenvalue weighted by molar-refractivity contribution is 0.102. The van der Waals surface area contributed by atoms with Gasteiger partial charge in [0.2, 0.25) is 0 Å². The van der Waals surface area contributed by atoms with Crippen molar-refractivity contribution in [1.29, 1.82) is 0 Å². The summed E-state index contributed by atoms with van der Waals surface area (Å²) in [5.41, 5.74) is 0.817. The molecule has 0 aliphatic carbocycles. The Balaban J connectivity index is 1.99. The van der Waals surface area contributed by atoms with E-state index in [1.165, 1.54) is 6.20 Å². The van der Waals surface area contributed by atoms with E-state index in [0.717, 1.165) is 12.1 Å². The molecule has 3 aromatic rings. The number of aromatic hydroxyl groups is 1. The number of hydrogen-bond donors (Lipinski definition) is 2. The second-order valence-electron chi connectivity index (χ2n) is 4.76. The maximum atomic E-state index is 13.9. The summed E-state index contributed by atoms with van der Waals surface area (Å²) in [6.07, 6.45) is 1.52. The van der Waals surface area contributed by atoms with Gasteiger partial charge < -0.3 is 10.4 Å². The molecule has 0 unspecified atom stereocenters. The van der Waals surface area contributed by atoms with Crippen LogP contribution in [0.3, 0.4) is 0 Å².